The first-order valence-electron chi connectivity index (χ1n) is 5.44. The van der Waals surface area contributed by atoms with E-state index in [1.54, 1.807) is 0 Å². The predicted molar refractivity (Wildman–Crippen MR) is 71.9 cm³/mol. The smallest absolute Gasteiger partial charge is 0.0110 e. The summed E-state index contributed by atoms with van der Waals surface area (Å²) in [4.78, 5) is 4.88. The predicted octanol–water partition coefficient (Wildman–Crippen LogP) is 1.49. The Labute approximate surface area is 99.9 Å². The second-order valence-electron chi connectivity index (χ2n) is 3.32. The summed E-state index contributed by atoms with van der Waals surface area (Å²) in [5.41, 5.74) is 0. The molecule has 4 heteroatoms. The maximum Gasteiger partial charge on any atom is 0.0110 e. The lowest BCUT2D eigenvalue weighted by Gasteiger charge is -2.25. The normalized spacial score (nSPS) is 11.6. The summed E-state index contributed by atoms with van der Waals surface area (Å²) < 4.78 is 0. The molecule has 2 nitrogen and oxygen atoms in total. The first-order chi connectivity index (χ1) is 6.78. The number of hydrogen-bond acceptors (Lipinski definition) is 4. The Hall–Kier alpha value is 0.620. The fourth-order valence-electron chi connectivity index (χ4n) is 1.44. The minimum Gasteiger partial charge on any atom is -0.303 e. The van der Waals surface area contributed by atoms with E-state index in [1.807, 2.05) is 0 Å². The van der Waals surface area contributed by atoms with Gasteiger partial charge in [0.1, 0.15) is 0 Å². The molecule has 0 saturated heterocycles. The van der Waals surface area contributed by atoms with Gasteiger partial charge < -0.3 is 9.80 Å². The second kappa shape index (κ2) is 10.1. The molecule has 14 heavy (non-hydrogen) atoms. The number of thiol groups is 2. The number of hydrogen-bond donors (Lipinski definition) is 2. The average Bonchev–Trinajstić information content (AvgIpc) is 2.20. The highest BCUT2D eigenvalue weighted by molar-refractivity contribution is 7.80. The van der Waals surface area contributed by atoms with Crippen LogP contribution >= 0.6 is 25.3 Å². The summed E-state index contributed by atoms with van der Waals surface area (Å²) in [5, 5.41) is 0. The van der Waals surface area contributed by atoms with Gasteiger partial charge in [-0.1, -0.05) is 13.8 Å². The lowest BCUT2D eigenvalue weighted by Crippen LogP contribution is -2.37. The number of rotatable bonds is 9. The monoisotopic (exact) mass is 236 g/mol. The van der Waals surface area contributed by atoms with Gasteiger partial charge in [0.25, 0.3) is 0 Å². The van der Waals surface area contributed by atoms with Crippen molar-refractivity contribution in [1.82, 2.24) is 9.80 Å². The molecular weight excluding hydrogens is 212 g/mol. The summed E-state index contributed by atoms with van der Waals surface area (Å²) >= 11 is 8.53. The van der Waals surface area contributed by atoms with Crippen molar-refractivity contribution >= 4 is 25.3 Å². The van der Waals surface area contributed by atoms with Crippen molar-refractivity contribution < 1.29 is 0 Å². The Morgan fingerprint density at radius 2 is 1.14 bits per heavy atom. The first kappa shape index (κ1) is 14.6. The van der Waals surface area contributed by atoms with Crippen molar-refractivity contribution in [1.29, 1.82) is 0 Å². The van der Waals surface area contributed by atoms with E-state index in [9.17, 15) is 0 Å². The van der Waals surface area contributed by atoms with Crippen LogP contribution in [0.4, 0.5) is 0 Å². The van der Waals surface area contributed by atoms with E-state index >= 15 is 0 Å². The number of likely N-dealkylation sites (N-methyl/N-ethyl adjacent to an activating group) is 1. The van der Waals surface area contributed by atoms with Gasteiger partial charge in [-0.3, -0.25) is 0 Å². The van der Waals surface area contributed by atoms with Crippen LogP contribution in [-0.2, 0) is 0 Å². The van der Waals surface area contributed by atoms with Crippen LogP contribution < -0.4 is 0 Å². The molecule has 0 amide bonds. The Morgan fingerprint density at radius 3 is 1.50 bits per heavy atom. The molecule has 0 unspecified atom stereocenters. The standard InChI is InChI=1S/C10H24N2S2/c1-3-11(4-2)5-6-12(7-9-13)8-10-14/h13-14H,3-10H2,1-2H3. The molecule has 0 rings (SSSR count). The fraction of sp³-hybridized carbons (Fsp3) is 1.00. The van der Waals surface area contributed by atoms with Gasteiger partial charge in [-0.05, 0) is 13.1 Å². The molecule has 0 radical (unpaired) electrons. The Morgan fingerprint density at radius 1 is 0.714 bits per heavy atom. The third-order valence-corrected chi connectivity index (χ3v) is 2.86. The third-order valence-electron chi connectivity index (χ3n) is 2.46. The molecule has 0 aromatic rings. The fourth-order valence-corrected chi connectivity index (χ4v) is 2.01. The van der Waals surface area contributed by atoms with Crippen molar-refractivity contribution in [3.05, 3.63) is 0 Å². The highest BCUT2D eigenvalue weighted by Crippen LogP contribution is 1.94. The zero-order valence-electron chi connectivity index (χ0n) is 9.45. The topological polar surface area (TPSA) is 6.48 Å². The van der Waals surface area contributed by atoms with Gasteiger partial charge in [-0.25, -0.2) is 0 Å². The minimum atomic E-state index is 0.937. The molecule has 0 aliphatic carbocycles. The van der Waals surface area contributed by atoms with Crippen LogP contribution in [0.3, 0.4) is 0 Å². The van der Waals surface area contributed by atoms with Gasteiger partial charge in [-0.15, -0.1) is 0 Å². The Balaban J connectivity index is 3.67. The maximum absolute atomic E-state index is 4.26. The van der Waals surface area contributed by atoms with E-state index < -0.39 is 0 Å². The van der Waals surface area contributed by atoms with Gasteiger partial charge in [0, 0.05) is 37.7 Å². The Kier molecular flexibility index (Phi) is 10.6. The van der Waals surface area contributed by atoms with Crippen molar-refractivity contribution in [3.63, 3.8) is 0 Å². The molecule has 0 bridgehead atoms. The van der Waals surface area contributed by atoms with Gasteiger partial charge in [0.2, 0.25) is 0 Å². The van der Waals surface area contributed by atoms with Crippen molar-refractivity contribution in [3.8, 4) is 0 Å². The van der Waals surface area contributed by atoms with Crippen LogP contribution in [0.15, 0.2) is 0 Å². The molecule has 0 aromatic carbocycles. The van der Waals surface area contributed by atoms with E-state index in [-0.39, 0.29) is 0 Å². The van der Waals surface area contributed by atoms with Crippen LogP contribution in [-0.4, -0.2) is 60.6 Å². The van der Waals surface area contributed by atoms with Crippen molar-refractivity contribution in [2.75, 3.05) is 50.8 Å². The van der Waals surface area contributed by atoms with Gasteiger partial charge in [0.05, 0.1) is 0 Å². The zero-order chi connectivity index (χ0) is 10.8. The van der Waals surface area contributed by atoms with Gasteiger partial charge in [0.15, 0.2) is 0 Å². The molecule has 0 aliphatic rings. The highest BCUT2D eigenvalue weighted by Gasteiger charge is 2.05. The summed E-state index contributed by atoms with van der Waals surface area (Å²) in [6, 6.07) is 0. The zero-order valence-corrected chi connectivity index (χ0v) is 11.2. The molecule has 0 aromatic heterocycles. The minimum absolute atomic E-state index is 0.937. The van der Waals surface area contributed by atoms with E-state index in [4.69, 9.17) is 0 Å². The summed E-state index contributed by atoms with van der Waals surface area (Å²) in [5.74, 6) is 1.87. The second-order valence-corrected chi connectivity index (χ2v) is 4.21. The summed E-state index contributed by atoms with van der Waals surface area (Å²) in [6.07, 6.45) is 0. The van der Waals surface area contributed by atoms with Crippen LogP contribution in [0.2, 0.25) is 0 Å². The number of nitrogens with zero attached hydrogens (tertiary/aromatic N) is 2. The van der Waals surface area contributed by atoms with E-state index in [1.165, 1.54) is 0 Å². The van der Waals surface area contributed by atoms with Crippen molar-refractivity contribution in [2.24, 2.45) is 0 Å². The molecule has 0 heterocycles. The van der Waals surface area contributed by atoms with E-state index in [0.717, 1.165) is 50.8 Å². The quantitative estimate of drug-likeness (QED) is 0.586. The molecule has 0 N–H and O–H groups in total. The first-order valence-corrected chi connectivity index (χ1v) is 6.71. The molecule has 0 spiro atoms. The molecule has 0 aliphatic heterocycles. The summed E-state index contributed by atoms with van der Waals surface area (Å²) in [6.45, 7) is 11.2. The largest absolute Gasteiger partial charge is 0.303 e. The van der Waals surface area contributed by atoms with Crippen LogP contribution in [0, 0.1) is 0 Å². The molecule has 86 valence electrons. The third kappa shape index (κ3) is 6.98. The maximum atomic E-state index is 4.26. The Bertz CT molecular complexity index is 113. The lowest BCUT2D eigenvalue weighted by molar-refractivity contribution is 0.230. The molecule has 0 atom stereocenters. The van der Waals surface area contributed by atoms with Crippen LogP contribution in [0.5, 0.6) is 0 Å². The summed E-state index contributed by atoms with van der Waals surface area (Å²) in [7, 11) is 0. The highest BCUT2D eigenvalue weighted by atomic mass is 32.1. The van der Waals surface area contributed by atoms with Gasteiger partial charge >= 0.3 is 0 Å². The average molecular weight is 236 g/mol. The molecule has 0 fully saturated rings. The molecule has 0 saturated carbocycles. The van der Waals surface area contributed by atoms with Crippen LogP contribution in [0.1, 0.15) is 13.8 Å². The van der Waals surface area contributed by atoms with Crippen LogP contribution in [0.25, 0.3) is 0 Å². The lowest BCUT2D eigenvalue weighted by atomic mass is 10.4. The van der Waals surface area contributed by atoms with Gasteiger partial charge in [-0.2, -0.15) is 25.3 Å². The SMILES string of the molecule is CCN(CC)CCN(CCS)CCS. The van der Waals surface area contributed by atoms with E-state index in [2.05, 4.69) is 48.9 Å². The van der Waals surface area contributed by atoms with Crippen molar-refractivity contribution in [2.45, 2.75) is 13.8 Å². The van der Waals surface area contributed by atoms with E-state index in [0.29, 0.717) is 0 Å². The molecular formula is C10H24N2S2.